The van der Waals surface area contributed by atoms with Gasteiger partial charge >= 0.3 is 7.82 Å². The fourth-order valence-corrected chi connectivity index (χ4v) is 1.87. The van der Waals surface area contributed by atoms with Gasteiger partial charge in [-0.25, -0.2) is 4.57 Å². The van der Waals surface area contributed by atoms with E-state index in [0.29, 0.717) is 0 Å². The van der Waals surface area contributed by atoms with Crippen molar-refractivity contribution < 1.29 is 43.7 Å². The third-order valence-electron chi connectivity index (χ3n) is 2.45. The van der Waals surface area contributed by atoms with Gasteiger partial charge in [-0.05, 0) is 0 Å². The number of rotatable bonds is 6. The van der Waals surface area contributed by atoms with Crippen LogP contribution in [0.1, 0.15) is 0 Å². The third-order valence-corrected chi connectivity index (χ3v) is 2.94. The second-order valence-electron chi connectivity index (χ2n) is 3.92. The standard InChI is InChI=1S/C9H17O9P/c1-2-3-16-9-8(12)7(11)6(10)5(18-9)4-17-19(13,14)15/h2,5-12H,1,3-4H2,(H2,13,14,15)/t5-,6-,7+,8-,9?/m1/s1. The first-order valence-electron chi connectivity index (χ1n) is 5.38. The van der Waals surface area contributed by atoms with Crippen molar-refractivity contribution in [1.82, 2.24) is 0 Å². The van der Waals surface area contributed by atoms with Gasteiger partial charge in [0.05, 0.1) is 13.2 Å². The zero-order valence-corrected chi connectivity index (χ0v) is 10.8. The van der Waals surface area contributed by atoms with Crippen molar-refractivity contribution in [3.8, 4) is 0 Å². The third kappa shape index (κ3) is 4.92. The van der Waals surface area contributed by atoms with E-state index in [9.17, 15) is 19.9 Å². The molecule has 1 aliphatic rings. The van der Waals surface area contributed by atoms with Crippen molar-refractivity contribution in [1.29, 1.82) is 0 Å². The lowest BCUT2D eigenvalue weighted by Crippen LogP contribution is -2.59. The summed E-state index contributed by atoms with van der Waals surface area (Å²) < 4.78 is 24.8. The minimum atomic E-state index is -4.73. The van der Waals surface area contributed by atoms with Gasteiger partial charge in [0.2, 0.25) is 0 Å². The Morgan fingerprint density at radius 2 is 1.84 bits per heavy atom. The van der Waals surface area contributed by atoms with Crippen LogP contribution in [-0.2, 0) is 18.6 Å². The second-order valence-corrected chi connectivity index (χ2v) is 5.16. The molecule has 0 aliphatic carbocycles. The van der Waals surface area contributed by atoms with Crippen LogP contribution < -0.4 is 0 Å². The van der Waals surface area contributed by atoms with Crippen molar-refractivity contribution >= 4 is 7.82 Å². The van der Waals surface area contributed by atoms with Crippen LogP contribution in [0.25, 0.3) is 0 Å². The smallest absolute Gasteiger partial charge is 0.387 e. The first-order valence-corrected chi connectivity index (χ1v) is 6.91. The molecule has 1 fully saturated rings. The maximum atomic E-state index is 10.6. The number of phosphoric ester groups is 1. The van der Waals surface area contributed by atoms with Gasteiger partial charge in [-0.3, -0.25) is 4.52 Å². The zero-order valence-electron chi connectivity index (χ0n) is 9.90. The molecule has 1 saturated heterocycles. The summed E-state index contributed by atoms with van der Waals surface area (Å²) >= 11 is 0. The summed E-state index contributed by atoms with van der Waals surface area (Å²) in [5.74, 6) is 0. The van der Waals surface area contributed by atoms with Crippen LogP contribution in [0.3, 0.4) is 0 Å². The molecule has 10 heteroatoms. The van der Waals surface area contributed by atoms with E-state index in [-0.39, 0.29) is 6.61 Å². The van der Waals surface area contributed by atoms with Crippen molar-refractivity contribution in [2.45, 2.75) is 30.7 Å². The largest absolute Gasteiger partial charge is 0.469 e. The molecule has 19 heavy (non-hydrogen) atoms. The molecule has 0 spiro atoms. The molecule has 0 bridgehead atoms. The molecule has 112 valence electrons. The van der Waals surface area contributed by atoms with E-state index in [2.05, 4.69) is 11.1 Å². The molecule has 1 aliphatic heterocycles. The number of ether oxygens (including phenoxy) is 2. The van der Waals surface area contributed by atoms with E-state index in [1.807, 2.05) is 0 Å². The van der Waals surface area contributed by atoms with Crippen LogP contribution in [0.2, 0.25) is 0 Å². The molecule has 1 heterocycles. The molecular weight excluding hydrogens is 283 g/mol. The van der Waals surface area contributed by atoms with Gasteiger partial charge in [0.25, 0.3) is 0 Å². The lowest BCUT2D eigenvalue weighted by Gasteiger charge is -2.39. The average molecular weight is 300 g/mol. The van der Waals surface area contributed by atoms with Gasteiger partial charge in [-0.1, -0.05) is 6.08 Å². The van der Waals surface area contributed by atoms with E-state index >= 15 is 0 Å². The van der Waals surface area contributed by atoms with Gasteiger partial charge < -0.3 is 34.6 Å². The van der Waals surface area contributed by atoms with Crippen LogP contribution in [0.5, 0.6) is 0 Å². The molecule has 0 amide bonds. The van der Waals surface area contributed by atoms with Gasteiger partial charge in [-0.15, -0.1) is 6.58 Å². The summed E-state index contributed by atoms with van der Waals surface area (Å²) in [6, 6.07) is 0. The van der Waals surface area contributed by atoms with E-state index in [0.717, 1.165) is 0 Å². The van der Waals surface area contributed by atoms with Gasteiger partial charge in [0.15, 0.2) is 6.29 Å². The molecule has 0 radical (unpaired) electrons. The minimum absolute atomic E-state index is 0.0244. The Hall–Kier alpha value is -0.350. The highest BCUT2D eigenvalue weighted by molar-refractivity contribution is 7.46. The summed E-state index contributed by atoms with van der Waals surface area (Å²) in [6.45, 7) is 2.75. The molecule has 0 saturated carbocycles. The number of hydrogen-bond acceptors (Lipinski definition) is 7. The van der Waals surface area contributed by atoms with Crippen LogP contribution >= 0.6 is 7.82 Å². The monoisotopic (exact) mass is 300 g/mol. The molecule has 1 unspecified atom stereocenters. The lowest BCUT2D eigenvalue weighted by atomic mass is 9.99. The number of aliphatic hydroxyl groups is 3. The summed E-state index contributed by atoms with van der Waals surface area (Å²) in [6.07, 6.45) is -5.78. The molecule has 9 nitrogen and oxygen atoms in total. The van der Waals surface area contributed by atoms with E-state index < -0.39 is 45.1 Å². The first-order chi connectivity index (χ1) is 8.76. The summed E-state index contributed by atoms with van der Waals surface area (Å²) in [7, 11) is -4.73. The van der Waals surface area contributed by atoms with Crippen LogP contribution in [0.15, 0.2) is 12.7 Å². The molecule has 0 aromatic rings. The van der Waals surface area contributed by atoms with E-state index in [4.69, 9.17) is 19.3 Å². The molecule has 1 rings (SSSR count). The highest BCUT2D eigenvalue weighted by atomic mass is 31.2. The molecule has 0 aromatic heterocycles. The Labute approximate surface area is 109 Å². The van der Waals surface area contributed by atoms with Crippen molar-refractivity contribution in [3.05, 3.63) is 12.7 Å². The van der Waals surface area contributed by atoms with Crippen molar-refractivity contribution in [2.75, 3.05) is 13.2 Å². The quantitative estimate of drug-likeness (QED) is 0.280. The predicted octanol–water partition coefficient (Wildman–Crippen LogP) is -1.89. The Morgan fingerprint density at radius 3 is 2.37 bits per heavy atom. The van der Waals surface area contributed by atoms with Crippen molar-refractivity contribution in [2.24, 2.45) is 0 Å². The van der Waals surface area contributed by atoms with E-state index in [1.165, 1.54) is 6.08 Å². The maximum Gasteiger partial charge on any atom is 0.469 e. The lowest BCUT2D eigenvalue weighted by molar-refractivity contribution is -0.297. The Bertz CT molecular complexity index is 343. The fourth-order valence-electron chi connectivity index (χ4n) is 1.53. The van der Waals surface area contributed by atoms with Crippen molar-refractivity contribution in [3.63, 3.8) is 0 Å². The summed E-state index contributed by atoms with van der Waals surface area (Å²) in [5, 5.41) is 28.8. The highest BCUT2D eigenvalue weighted by Crippen LogP contribution is 2.37. The Kier molecular flexibility index (Phi) is 6.06. The Balaban J connectivity index is 2.64. The molecule has 5 N–H and O–H groups in total. The van der Waals surface area contributed by atoms with E-state index in [1.54, 1.807) is 0 Å². The zero-order chi connectivity index (χ0) is 14.6. The predicted molar refractivity (Wildman–Crippen MR) is 60.8 cm³/mol. The Morgan fingerprint density at radius 1 is 1.21 bits per heavy atom. The molecular formula is C9H17O9P. The van der Waals surface area contributed by atoms with Gasteiger partial charge in [0.1, 0.15) is 24.4 Å². The normalized spacial score (nSPS) is 36.2. The number of hydrogen-bond donors (Lipinski definition) is 5. The number of aliphatic hydroxyl groups excluding tert-OH is 3. The van der Waals surface area contributed by atoms with Crippen LogP contribution in [-0.4, -0.2) is 69.0 Å². The maximum absolute atomic E-state index is 10.6. The number of phosphoric acid groups is 1. The SMILES string of the molecule is C=CCOC1O[C@H](COP(=O)(O)O)[C@@H](O)[C@H](O)[C@H]1O. The molecule has 5 atom stereocenters. The van der Waals surface area contributed by atoms with Crippen LogP contribution in [0.4, 0.5) is 0 Å². The van der Waals surface area contributed by atoms with Gasteiger partial charge in [0, 0.05) is 0 Å². The van der Waals surface area contributed by atoms with Gasteiger partial charge in [-0.2, -0.15) is 0 Å². The highest BCUT2D eigenvalue weighted by Gasteiger charge is 2.44. The average Bonchev–Trinajstić information content (AvgIpc) is 2.33. The summed E-state index contributed by atoms with van der Waals surface area (Å²) in [4.78, 5) is 17.1. The van der Waals surface area contributed by atoms with Crippen LogP contribution in [0, 0.1) is 0 Å². The minimum Gasteiger partial charge on any atom is -0.387 e. The topological polar surface area (TPSA) is 146 Å². The summed E-state index contributed by atoms with van der Waals surface area (Å²) in [5.41, 5.74) is 0. The second kappa shape index (κ2) is 6.89. The first kappa shape index (κ1) is 16.7. The fraction of sp³-hybridized carbons (Fsp3) is 0.778. The molecule has 0 aromatic carbocycles.